The van der Waals surface area contributed by atoms with Crippen LogP contribution in [0.25, 0.3) is 33.2 Å². The number of hydrogen-bond acceptors (Lipinski definition) is 1. The topological polar surface area (TPSA) is 17.8 Å². The van der Waals surface area contributed by atoms with Crippen molar-refractivity contribution in [1.29, 1.82) is 0 Å². The Kier molecular flexibility index (Phi) is 2.58. The van der Waals surface area contributed by atoms with Gasteiger partial charge in [-0.15, -0.1) is 0 Å². The minimum Gasteiger partial charge on any atom is -0.327 e. The van der Waals surface area contributed by atoms with Gasteiger partial charge in [0.15, 0.2) is 0 Å². The van der Waals surface area contributed by atoms with Gasteiger partial charge >= 0.3 is 0 Å². The van der Waals surface area contributed by atoms with Gasteiger partial charge in [0.05, 0.1) is 11.0 Å². The molecule has 1 aromatic heterocycles. The second kappa shape index (κ2) is 4.45. The largest absolute Gasteiger partial charge is 0.327 e. The summed E-state index contributed by atoms with van der Waals surface area (Å²) in [6.07, 6.45) is 0. The summed E-state index contributed by atoms with van der Waals surface area (Å²) in [5.41, 5.74) is 4.67. The molecule has 0 radical (unpaired) electrons. The highest BCUT2D eigenvalue weighted by Crippen LogP contribution is 2.29. The van der Waals surface area contributed by atoms with Gasteiger partial charge in [-0.25, -0.2) is 4.98 Å². The zero-order valence-corrected chi connectivity index (χ0v) is 12.2. The summed E-state index contributed by atoms with van der Waals surface area (Å²) < 4.78 is 2.17. The summed E-state index contributed by atoms with van der Waals surface area (Å²) in [5.74, 6) is 1.02. The molecule has 0 aliphatic heterocycles. The lowest BCUT2D eigenvalue weighted by molar-refractivity contribution is 0.959. The van der Waals surface area contributed by atoms with E-state index < -0.39 is 0 Å². The number of benzene rings is 3. The van der Waals surface area contributed by atoms with Crippen LogP contribution in [-0.4, -0.2) is 9.55 Å². The molecule has 0 saturated heterocycles. The monoisotopic (exact) mass is 272 g/mol. The fraction of sp³-hybridized carbons (Fsp3) is 0.105. The Bertz CT molecular complexity index is 947. The third-order valence-corrected chi connectivity index (χ3v) is 4.09. The Morgan fingerprint density at radius 3 is 2.43 bits per heavy atom. The van der Waals surface area contributed by atoms with Gasteiger partial charge < -0.3 is 4.57 Å². The molecular formula is C19H16N2. The van der Waals surface area contributed by atoms with E-state index in [1.54, 1.807) is 0 Å². The number of imidazole rings is 1. The highest BCUT2D eigenvalue weighted by molar-refractivity contribution is 6.05. The molecule has 0 bridgehead atoms. The van der Waals surface area contributed by atoms with Crippen LogP contribution in [0.15, 0.2) is 60.7 Å². The van der Waals surface area contributed by atoms with Crippen molar-refractivity contribution in [2.45, 2.75) is 6.92 Å². The second-order valence-electron chi connectivity index (χ2n) is 5.51. The van der Waals surface area contributed by atoms with Gasteiger partial charge in [0, 0.05) is 18.0 Å². The second-order valence-corrected chi connectivity index (χ2v) is 5.51. The minimum absolute atomic E-state index is 1.02. The summed E-state index contributed by atoms with van der Waals surface area (Å²) >= 11 is 0. The van der Waals surface area contributed by atoms with Gasteiger partial charge in [-0.2, -0.15) is 0 Å². The predicted molar refractivity (Wildman–Crippen MR) is 88.4 cm³/mol. The van der Waals surface area contributed by atoms with Gasteiger partial charge in [0.2, 0.25) is 0 Å². The number of rotatable bonds is 1. The smallest absolute Gasteiger partial charge is 0.140 e. The van der Waals surface area contributed by atoms with Crippen LogP contribution in [-0.2, 0) is 7.05 Å². The fourth-order valence-electron chi connectivity index (χ4n) is 2.89. The normalized spacial score (nSPS) is 11.3. The molecule has 4 rings (SSSR count). The van der Waals surface area contributed by atoms with Crippen LogP contribution in [0.4, 0.5) is 0 Å². The van der Waals surface area contributed by atoms with E-state index in [0.717, 1.165) is 16.9 Å². The molecule has 4 aromatic rings. The average Bonchev–Trinajstić information content (AvgIpc) is 2.86. The fourth-order valence-corrected chi connectivity index (χ4v) is 2.89. The molecule has 102 valence electrons. The summed E-state index contributed by atoms with van der Waals surface area (Å²) in [4.78, 5) is 4.90. The SMILES string of the molecule is Cc1ccc(-c2nc3c4ccccc4ccc3n2C)cc1. The standard InChI is InChI=1S/C19H16N2/c1-13-7-9-15(10-8-13)19-20-18-16-6-4-3-5-14(16)11-12-17(18)21(19)2/h3-12H,1-2H3. The van der Waals surface area contributed by atoms with E-state index >= 15 is 0 Å². The maximum atomic E-state index is 4.90. The van der Waals surface area contributed by atoms with Crippen LogP contribution < -0.4 is 0 Å². The Balaban J connectivity index is 2.05. The van der Waals surface area contributed by atoms with Crippen LogP contribution >= 0.6 is 0 Å². The Morgan fingerprint density at radius 1 is 0.857 bits per heavy atom. The van der Waals surface area contributed by atoms with E-state index in [2.05, 4.69) is 79.2 Å². The van der Waals surface area contributed by atoms with Crippen LogP contribution in [0.1, 0.15) is 5.56 Å². The first-order valence-electron chi connectivity index (χ1n) is 7.15. The molecule has 0 aliphatic rings. The summed E-state index contributed by atoms with van der Waals surface area (Å²) in [7, 11) is 2.08. The Labute approximate surface area is 123 Å². The maximum Gasteiger partial charge on any atom is 0.140 e. The highest BCUT2D eigenvalue weighted by atomic mass is 15.1. The molecule has 0 N–H and O–H groups in total. The van der Waals surface area contributed by atoms with Crippen molar-refractivity contribution in [2.24, 2.45) is 7.05 Å². The zero-order valence-electron chi connectivity index (χ0n) is 12.2. The molecule has 0 unspecified atom stereocenters. The summed E-state index contributed by atoms with van der Waals surface area (Å²) in [6.45, 7) is 2.10. The maximum absolute atomic E-state index is 4.90. The van der Waals surface area contributed by atoms with Crippen molar-refractivity contribution in [1.82, 2.24) is 9.55 Å². The van der Waals surface area contributed by atoms with Crippen LogP contribution in [0.3, 0.4) is 0 Å². The number of hydrogen-bond donors (Lipinski definition) is 0. The van der Waals surface area contributed by atoms with Crippen molar-refractivity contribution >= 4 is 21.8 Å². The molecule has 0 spiro atoms. The van der Waals surface area contributed by atoms with Gasteiger partial charge in [-0.3, -0.25) is 0 Å². The average molecular weight is 272 g/mol. The molecule has 0 atom stereocenters. The first-order chi connectivity index (χ1) is 10.2. The van der Waals surface area contributed by atoms with Gasteiger partial charge in [0.1, 0.15) is 5.82 Å². The first-order valence-corrected chi connectivity index (χ1v) is 7.15. The third-order valence-electron chi connectivity index (χ3n) is 4.09. The van der Waals surface area contributed by atoms with Gasteiger partial charge in [-0.1, -0.05) is 60.2 Å². The Hall–Kier alpha value is -2.61. The quantitative estimate of drug-likeness (QED) is 0.491. The van der Waals surface area contributed by atoms with Gasteiger partial charge in [0.25, 0.3) is 0 Å². The van der Waals surface area contributed by atoms with Crippen LogP contribution in [0.2, 0.25) is 0 Å². The van der Waals surface area contributed by atoms with Crippen LogP contribution in [0, 0.1) is 6.92 Å². The van der Waals surface area contributed by atoms with E-state index in [1.807, 2.05) is 0 Å². The summed E-state index contributed by atoms with van der Waals surface area (Å²) in [6, 6.07) is 21.3. The van der Waals surface area contributed by atoms with Gasteiger partial charge in [-0.05, 0) is 18.4 Å². The lowest BCUT2D eigenvalue weighted by Crippen LogP contribution is -1.92. The molecule has 0 amide bonds. The molecule has 0 aliphatic carbocycles. The molecule has 1 heterocycles. The van der Waals surface area contributed by atoms with Crippen molar-refractivity contribution in [3.63, 3.8) is 0 Å². The van der Waals surface area contributed by atoms with Crippen molar-refractivity contribution in [3.05, 3.63) is 66.2 Å². The van der Waals surface area contributed by atoms with Crippen molar-refractivity contribution in [2.75, 3.05) is 0 Å². The van der Waals surface area contributed by atoms with Crippen molar-refractivity contribution in [3.8, 4) is 11.4 Å². The van der Waals surface area contributed by atoms with E-state index in [-0.39, 0.29) is 0 Å². The minimum atomic E-state index is 1.02. The molecule has 2 heteroatoms. The number of aromatic nitrogens is 2. The van der Waals surface area contributed by atoms with E-state index in [9.17, 15) is 0 Å². The summed E-state index contributed by atoms with van der Waals surface area (Å²) in [5, 5.41) is 2.45. The number of nitrogens with zero attached hydrogens (tertiary/aromatic N) is 2. The first kappa shape index (κ1) is 12.2. The third kappa shape index (κ3) is 1.83. The highest BCUT2D eigenvalue weighted by Gasteiger charge is 2.11. The molecule has 2 nitrogen and oxygen atoms in total. The number of fused-ring (bicyclic) bond motifs is 3. The number of aryl methyl sites for hydroxylation is 2. The predicted octanol–water partition coefficient (Wildman–Crippen LogP) is 4.70. The van der Waals surface area contributed by atoms with Crippen molar-refractivity contribution < 1.29 is 0 Å². The molecule has 0 saturated carbocycles. The molecule has 21 heavy (non-hydrogen) atoms. The molecule has 0 fully saturated rings. The lowest BCUT2D eigenvalue weighted by Gasteiger charge is -2.03. The lowest BCUT2D eigenvalue weighted by atomic mass is 10.1. The molecular weight excluding hydrogens is 256 g/mol. The van der Waals surface area contributed by atoms with E-state index in [4.69, 9.17) is 4.98 Å². The van der Waals surface area contributed by atoms with E-state index in [1.165, 1.54) is 21.9 Å². The Morgan fingerprint density at radius 2 is 1.62 bits per heavy atom. The molecule has 3 aromatic carbocycles. The zero-order chi connectivity index (χ0) is 14.4. The van der Waals surface area contributed by atoms with Crippen LogP contribution in [0.5, 0.6) is 0 Å². The van der Waals surface area contributed by atoms with E-state index in [0.29, 0.717) is 0 Å².